The quantitative estimate of drug-likeness (QED) is 0.676. The SMILES string of the molecule is CCCNCC1CCCN(CC(C)(C)O)C1. The van der Waals surface area contributed by atoms with Gasteiger partial charge >= 0.3 is 0 Å². The second-order valence-electron chi connectivity index (χ2n) is 5.76. The number of β-amino-alcohol motifs (C(OH)–C–C–N with tert-alkyl or cyclic N) is 1. The second kappa shape index (κ2) is 6.58. The molecule has 0 saturated carbocycles. The summed E-state index contributed by atoms with van der Waals surface area (Å²) in [6, 6.07) is 0. The van der Waals surface area contributed by atoms with Gasteiger partial charge in [-0.05, 0) is 58.7 Å². The molecular formula is C13H28N2O. The molecule has 0 amide bonds. The van der Waals surface area contributed by atoms with E-state index < -0.39 is 5.60 Å². The monoisotopic (exact) mass is 228 g/mol. The van der Waals surface area contributed by atoms with Crippen molar-refractivity contribution in [2.24, 2.45) is 5.92 Å². The molecular weight excluding hydrogens is 200 g/mol. The van der Waals surface area contributed by atoms with Crippen LogP contribution >= 0.6 is 0 Å². The van der Waals surface area contributed by atoms with Gasteiger partial charge in [0.2, 0.25) is 0 Å². The lowest BCUT2D eigenvalue weighted by Crippen LogP contribution is -2.45. The van der Waals surface area contributed by atoms with E-state index in [2.05, 4.69) is 17.1 Å². The Hall–Kier alpha value is -0.120. The fourth-order valence-electron chi connectivity index (χ4n) is 2.49. The van der Waals surface area contributed by atoms with Crippen molar-refractivity contribution in [3.8, 4) is 0 Å². The van der Waals surface area contributed by atoms with E-state index in [-0.39, 0.29) is 0 Å². The highest BCUT2D eigenvalue weighted by Crippen LogP contribution is 2.17. The first-order valence-corrected chi connectivity index (χ1v) is 6.66. The van der Waals surface area contributed by atoms with Gasteiger partial charge in [-0.3, -0.25) is 0 Å². The normalized spacial score (nSPS) is 23.6. The summed E-state index contributed by atoms with van der Waals surface area (Å²) >= 11 is 0. The van der Waals surface area contributed by atoms with Crippen LogP contribution < -0.4 is 5.32 Å². The van der Waals surface area contributed by atoms with Crippen molar-refractivity contribution in [3.05, 3.63) is 0 Å². The maximum Gasteiger partial charge on any atom is 0.0718 e. The molecule has 0 aliphatic carbocycles. The lowest BCUT2D eigenvalue weighted by Gasteiger charge is -2.36. The molecule has 1 aliphatic rings. The van der Waals surface area contributed by atoms with Crippen LogP contribution in [0.1, 0.15) is 40.0 Å². The molecule has 0 bridgehead atoms. The Morgan fingerprint density at radius 2 is 2.19 bits per heavy atom. The summed E-state index contributed by atoms with van der Waals surface area (Å²) in [7, 11) is 0. The number of hydrogen-bond donors (Lipinski definition) is 2. The fourth-order valence-corrected chi connectivity index (χ4v) is 2.49. The van der Waals surface area contributed by atoms with E-state index in [9.17, 15) is 5.11 Å². The molecule has 1 rings (SSSR count). The zero-order chi connectivity index (χ0) is 12.0. The van der Waals surface area contributed by atoms with Crippen LogP contribution in [0.15, 0.2) is 0 Å². The highest BCUT2D eigenvalue weighted by Gasteiger charge is 2.24. The van der Waals surface area contributed by atoms with Gasteiger partial charge in [-0.25, -0.2) is 0 Å². The molecule has 1 aliphatic heterocycles. The summed E-state index contributed by atoms with van der Waals surface area (Å²) in [5.41, 5.74) is -0.557. The number of likely N-dealkylation sites (tertiary alicyclic amines) is 1. The van der Waals surface area contributed by atoms with Crippen LogP contribution in [0.25, 0.3) is 0 Å². The molecule has 1 unspecified atom stereocenters. The number of hydrogen-bond acceptors (Lipinski definition) is 3. The zero-order valence-corrected chi connectivity index (χ0v) is 11.1. The Morgan fingerprint density at radius 3 is 2.81 bits per heavy atom. The second-order valence-corrected chi connectivity index (χ2v) is 5.76. The van der Waals surface area contributed by atoms with Crippen molar-refractivity contribution in [2.45, 2.75) is 45.6 Å². The van der Waals surface area contributed by atoms with Crippen molar-refractivity contribution >= 4 is 0 Å². The number of rotatable bonds is 6. The smallest absolute Gasteiger partial charge is 0.0718 e. The Bertz CT molecular complexity index is 189. The van der Waals surface area contributed by atoms with Crippen molar-refractivity contribution < 1.29 is 5.11 Å². The Morgan fingerprint density at radius 1 is 1.44 bits per heavy atom. The number of nitrogens with one attached hydrogen (secondary N) is 1. The average Bonchev–Trinajstić information content (AvgIpc) is 2.16. The van der Waals surface area contributed by atoms with E-state index in [1.807, 2.05) is 13.8 Å². The average molecular weight is 228 g/mol. The predicted octanol–water partition coefficient (Wildman–Crippen LogP) is 1.47. The maximum absolute atomic E-state index is 9.81. The molecule has 0 aromatic rings. The van der Waals surface area contributed by atoms with Crippen molar-refractivity contribution in [2.75, 3.05) is 32.7 Å². The van der Waals surface area contributed by atoms with Crippen molar-refractivity contribution in [1.82, 2.24) is 10.2 Å². The van der Waals surface area contributed by atoms with Crippen molar-refractivity contribution in [3.63, 3.8) is 0 Å². The van der Waals surface area contributed by atoms with Gasteiger partial charge in [-0.15, -0.1) is 0 Å². The van der Waals surface area contributed by atoms with E-state index >= 15 is 0 Å². The van der Waals surface area contributed by atoms with E-state index in [1.54, 1.807) is 0 Å². The molecule has 96 valence electrons. The Balaban J connectivity index is 2.24. The van der Waals surface area contributed by atoms with E-state index in [0.717, 1.165) is 38.6 Å². The zero-order valence-electron chi connectivity index (χ0n) is 11.1. The molecule has 1 atom stereocenters. The van der Waals surface area contributed by atoms with Gasteiger partial charge in [0, 0.05) is 13.1 Å². The molecule has 3 nitrogen and oxygen atoms in total. The molecule has 2 N–H and O–H groups in total. The first kappa shape index (κ1) is 13.9. The van der Waals surface area contributed by atoms with Gasteiger partial charge in [0.15, 0.2) is 0 Å². The number of piperidine rings is 1. The van der Waals surface area contributed by atoms with Gasteiger partial charge in [0.25, 0.3) is 0 Å². The lowest BCUT2D eigenvalue weighted by atomic mass is 9.96. The lowest BCUT2D eigenvalue weighted by molar-refractivity contribution is 0.0216. The van der Waals surface area contributed by atoms with Crippen LogP contribution in [0.3, 0.4) is 0 Å². The molecule has 0 aromatic carbocycles. The molecule has 1 saturated heterocycles. The van der Waals surface area contributed by atoms with Gasteiger partial charge in [0.05, 0.1) is 5.60 Å². The summed E-state index contributed by atoms with van der Waals surface area (Å²) < 4.78 is 0. The van der Waals surface area contributed by atoms with Gasteiger partial charge < -0.3 is 15.3 Å². The minimum atomic E-state index is -0.557. The summed E-state index contributed by atoms with van der Waals surface area (Å²) in [6.07, 6.45) is 3.81. The third-order valence-corrected chi connectivity index (χ3v) is 3.07. The standard InChI is InChI=1S/C13H28N2O/c1-4-7-14-9-12-6-5-8-15(10-12)11-13(2,3)16/h12,14,16H,4-11H2,1-3H3. The van der Waals surface area contributed by atoms with Gasteiger partial charge in [-0.2, -0.15) is 0 Å². The van der Waals surface area contributed by atoms with Crippen LogP contribution in [0.5, 0.6) is 0 Å². The first-order valence-electron chi connectivity index (χ1n) is 6.66. The first-order chi connectivity index (χ1) is 7.51. The molecule has 1 fully saturated rings. The highest BCUT2D eigenvalue weighted by atomic mass is 16.3. The van der Waals surface area contributed by atoms with Crippen molar-refractivity contribution in [1.29, 1.82) is 0 Å². The third-order valence-electron chi connectivity index (χ3n) is 3.07. The number of aliphatic hydroxyl groups is 1. The molecule has 1 heterocycles. The number of nitrogens with zero attached hydrogens (tertiary/aromatic N) is 1. The summed E-state index contributed by atoms with van der Waals surface area (Å²) in [4.78, 5) is 2.40. The van der Waals surface area contributed by atoms with E-state index in [1.165, 1.54) is 19.3 Å². The van der Waals surface area contributed by atoms with Crippen LogP contribution in [0.2, 0.25) is 0 Å². The Labute approximate surface area is 100 Å². The third kappa shape index (κ3) is 5.83. The van der Waals surface area contributed by atoms with Crippen LogP contribution in [0, 0.1) is 5.92 Å². The van der Waals surface area contributed by atoms with E-state index in [4.69, 9.17) is 0 Å². The molecule has 3 heteroatoms. The molecule has 0 spiro atoms. The largest absolute Gasteiger partial charge is 0.389 e. The molecule has 0 aromatic heterocycles. The Kier molecular flexibility index (Phi) is 5.73. The minimum Gasteiger partial charge on any atom is -0.389 e. The topological polar surface area (TPSA) is 35.5 Å². The molecule has 0 radical (unpaired) electrons. The predicted molar refractivity (Wildman–Crippen MR) is 68.6 cm³/mol. The van der Waals surface area contributed by atoms with Crippen LogP contribution in [-0.4, -0.2) is 48.3 Å². The van der Waals surface area contributed by atoms with Gasteiger partial charge in [0.1, 0.15) is 0 Å². The maximum atomic E-state index is 9.81. The van der Waals surface area contributed by atoms with Crippen LogP contribution in [-0.2, 0) is 0 Å². The van der Waals surface area contributed by atoms with Gasteiger partial charge in [-0.1, -0.05) is 6.92 Å². The molecule has 16 heavy (non-hydrogen) atoms. The fraction of sp³-hybridized carbons (Fsp3) is 1.00. The minimum absolute atomic E-state index is 0.557. The highest BCUT2D eigenvalue weighted by molar-refractivity contribution is 4.79. The summed E-state index contributed by atoms with van der Waals surface area (Å²) in [5.74, 6) is 0.766. The van der Waals surface area contributed by atoms with Crippen LogP contribution in [0.4, 0.5) is 0 Å². The van der Waals surface area contributed by atoms with E-state index in [0.29, 0.717) is 0 Å². The summed E-state index contributed by atoms with van der Waals surface area (Å²) in [6.45, 7) is 11.3. The summed E-state index contributed by atoms with van der Waals surface area (Å²) in [5, 5.41) is 13.3.